The summed E-state index contributed by atoms with van der Waals surface area (Å²) in [6, 6.07) is 13.8. The molecule has 2 aliphatic rings. The van der Waals surface area contributed by atoms with Crippen LogP contribution in [0.4, 0.5) is 4.39 Å². The van der Waals surface area contributed by atoms with E-state index in [4.69, 9.17) is 4.74 Å². The van der Waals surface area contributed by atoms with Gasteiger partial charge in [-0.1, -0.05) is 30.3 Å². The molecule has 3 aromatic rings. The van der Waals surface area contributed by atoms with Gasteiger partial charge in [-0.25, -0.2) is 9.37 Å². The predicted molar refractivity (Wildman–Crippen MR) is 119 cm³/mol. The number of amides is 1. The third-order valence-electron chi connectivity index (χ3n) is 7.00. The van der Waals surface area contributed by atoms with E-state index >= 15 is 0 Å². The lowest BCUT2D eigenvalue weighted by Gasteiger charge is -2.44. The lowest BCUT2D eigenvalue weighted by molar-refractivity contribution is -0.0123. The van der Waals surface area contributed by atoms with Crippen molar-refractivity contribution in [1.29, 1.82) is 0 Å². The summed E-state index contributed by atoms with van der Waals surface area (Å²) >= 11 is 0. The molecule has 0 bridgehead atoms. The minimum Gasteiger partial charge on any atom is -0.378 e. The van der Waals surface area contributed by atoms with E-state index in [0.29, 0.717) is 5.56 Å². The van der Waals surface area contributed by atoms with Crippen LogP contribution >= 0.6 is 0 Å². The van der Waals surface area contributed by atoms with E-state index in [1.165, 1.54) is 17.7 Å². The molecule has 1 saturated heterocycles. The summed E-state index contributed by atoms with van der Waals surface area (Å²) in [5.41, 5.74) is 3.59. The number of carbonyl (C=O) groups excluding carboxylic acids is 1. The summed E-state index contributed by atoms with van der Waals surface area (Å²) in [5.74, 6) is -0.714. The van der Waals surface area contributed by atoms with Gasteiger partial charge >= 0.3 is 0 Å². The molecule has 0 radical (unpaired) electrons. The van der Waals surface area contributed by atoms with Crippen molar-refractivity contribution in [3.8, 4) is 0 Å². The number of piperidine rings is 1. The van der Waals surface area contributed by atoms with Crippen molar-refractivity contribution in [1.82, 2.24) is 20.2 Å². The molecule has 1 aromatic heterocycles. The van der Waals surface area contributed by atoms with Crippen LogP contribution in [-0.2, 0) is 16.7 Å². The molecular weight excluding hydrogens is 407 g/mol. The zero-order valence-electron chi connectivity index (χ0n) is 18.1. The van der Waals surface area contributed by atoms with Crippen molar-refractivity contribution in [3.63, 3.8) is 0 Å². The van der Waals surface area contributed by atoms with Crippen LogP contribution in [0.2, 0.25) is 0 Å². The smallest absolute Gasteiger partial charge is 0.251 e. The highest BCUT2D eigenvalue weighted by molar-refractivity contribution is 5.94. The molecule has 2 heterocycles. The van der Waals surface area contributed by atoms with E-state index in [1.54, 1.807) is 25.6 Å². The molecule has 7 heteroatoms. The topological polar surface area (TPSA) is 70.2 Å². The van der Waals surface area contributed by atoms with Gasteiger partial charge in [0.1, 0.15) is 5.82 Å². The average Bonchev–Trinajstić information content (AvgIpc) is 3.41. The first-order valence-corrected chi connectivity index (χ1v) is 11.0. The number of nitrogens with zero attached hydrogens (tertiary/aromatic N) is 2. The number of methoxy groups -OCH3 is 1. The summed E-state index contributed by atoms with van der Waals surface area (Å²) in [6.07, 6.45) is 5.25. The number of carbonyl (C=O) groups is 1. The quantitative estimate of drug-likeness (QED) is 0.644. The summed E-state index contributed by atoms with van der Waals surface area (Å²) in [7, 11) is 1.72. The van der Waals surface area contributed by atoms with Crippen molar-refractivity contribution in [3.05, 3.63) is 89.3 Å². The average molecular weight is 435 g/mol. The van der Waals surface area contributed by atoms with Crippen molar-refractivity contribution in [2.24, 2.45) is 0 Å². The van der Waals surface area contributed by atoms with Crippen LogP contribution < -0.4 is 5.32 Å². The maximum atomic E-state index is 13.7. The summed E-state index contributed by atoms with van der Waals surface area (Å²) in [4.78, 5) is 22.7. The first-order chi connectivity index (χ1) is 15.6. The van der Waals surface area contributed by atoms with Gasteiger partial charge in [-0.2, -0.15) is 0 Å². The van der Waals surface area contributed by atoms with Crippen LogP contribution in [0.5, 0.6) is 0 Å². The Labute approximate surface area is 186 Å². The number of aromatic amines is 1. The normalized spacial score (nSPS) is 22.1. The summed E-state index contributed by atoms with van der Waals surface area (Å²) in [5, 5.41) is 3.14. The summed E-state index contributed by atoms with van der Waals surface area (Å²) in [6.45, 7) is 2.70. The fourth-order valence-corrected chi connectivity index (χ4v) is 5.50. The first kappa shape index (κ1) is 20.8. The number of ether oxygens (including phenoxy) is 1. The minimum absolute atomic E-state index is 0.171. The largest absolute Gasteiger partial charge is 0.378 e. The third-order valence-corrected chi connectivity index (χ3v) is 7.00. The Kier molecular flexibility index (Phi) is 5.53. The number of nitrogens with one attached hydrogen (secondary N) is 2. The molecule has 2 N–H and O–H groups in total. The van der Waals surface area contributed by atoms with Gasteiger partial charge in [0.15, 0.2) is 0 Å². The van der Waals surface area contributed by atoms with Crippen molar-refractivity contribution < 1.29 is 13.9 Å². The Morgan fingerprint density at radius 1 is 1.25 bits per heavy atom. The van der Waals surface area contributed by atoms with E-state index in [2.05, 4.69) is 38.4 Å². The third kappa shape index (κ3) is 3.61. The fourth-order valence-electron chi connectivity index (χ4n) is 5.50. The Morgan fingerprint density at radius 3 is 2.78 bits per heavy atom. The summed E-state index contributed by atoms with van der Waals surface area (Å²) < 4.78 is 19.7. The van der Waals surface area contributed by atoms with E-state index in [-0.39, 0.29) is 23.5 Å². The molecule has 1 amide bonds. The van der Waals surface area contributed by atoms with Crippen molar-refractivity contribution >= 4 is 5.91 Å². The standard InChI is InChI=1S/C25H27FN4O2/c1-32-23-22(29-24(31)17-5-4-6-18(26)13-17)20-7-2-3-8-21(20)25(23)9-11-30(12-10-25)15-19-14-27-16-28-19/h2-8,13-14,16,22-23H,9-12,15H2,1H3,(H,27,28)(H,29,31)/t22-,23+/m0/s1. The number of fused-ring (bicyclic) bond motifs is 2. The molecule has 32 heavy (non-hydrogen) atoms. The van der Waals surface area contributed by atoms with Gasteiger partial charge in [-0.15, -0.1) is 0 Å². The molecule has 2 atom stereocenters. The lowest BCUT2D eigenvalue weighted by atomic mass is 9.72. The lowest BCUT2D eigenvalue weighted by Crippen LogP contribution is -2.50. The van der Waals surface area contributed by atoms with Gasteiger partial charge in [0.05, 0.1) is 18.5 Å². The SMILES string of the molecule is CO[C@@H]1[C@@H](NC(=O)c2cccc(F)c2)c2ccccc2C12CCN(Cc1cnc[nH]1)CC2. The van der Waals surface area contributed by atoms with Crippen LogP contribution in [0.25, 0.3) is 0 Å². The van der Waals surface area contributed by atoms with Gasteiger partial charge in [-0.3, -0.25) is 9.69 Å². The molecule has 1 aliphatic heterocycles. The second-order valence-electron chi connectivity index (χ2n) is 8.71. The molecule has 1 fully saturated rings. The fraction of sp³-hybridized carbons (Fsp3) is 0.360. The molecule has 1 spiro atoms. The number of likely N-dealkylation sites (tertiary alicyclic amines) is 1. The molecule has 0 unspecified atom stereocenters. The van der Waals surface area contributed by atoms with Gasteiger partial charge in [0.2, 0.25) is 0 Å². The zero-order valence-corrected chi connectivity index (χ0v) is 18.1. The zero-order chi connectivity index (χ0) is 22.1. The number of aromatic nitrogens is 2. The van der Waals surface area contributed by atoms with Crippen LogP contribution in [0.1, 0.15) is 46.1 Å². The van der Waals surface area contributed by atoms with E-state index in [1.807, 2.05) is 12.3 Å². The highest BCUT2D eigenvalue weighted by Crippen LogP contribution is 2.52. The van der Waals surface area contributed by atoms with Gasteiger partial charge in [0.25, 0.3) is 5.91 Å². The number of rotatable bonds is 5. The molecule has 1 aliphatic carbocycles. The monoisotopic (exact) mass is 434 g/mol. The van der Waals surface area contributed by atoms with Gasteiger partial charge in [-0.05, 0) is 55.3 Å². The predicted octanol–water partition coefficient (Wildman–Crippen LogP) is 3.58. The Hall–Kier alpha value is -3.03. The second kappa shape index (κ2) is 8.48. The van der Waals surface area contributed by atoms with E-state index in [0.717, 1.165) is 43.7 Å². The number of imidazole rings is 1. The van der Waals surface area contributed by atoms with Crippen LogP contribution in [0.3, 0.4) is 0 Å². The molecule has 0 saturated carbocycles. The Balaban J connectivity index is 1.40. The number of hydrogen-bond donors (Lipinski definition) is 2. The molecule has 2 aromatic carbocycles. The highest BCUT2D eigenvalue weighted by atomic mass is 19.1. The van der Waals surface area contributed by atoms with Crippen molar-refractivity contribution in [2.75, 3.05) is 20.2 Å². The Morgan fingerprint density at radius 2 is 2.06 bits per heavy atom. The molecule has 166 valence electrons. The first-order valence-electron chi connectivity index (χ1n) is 11.0. The number of halogens is 1. The molecule has 5 rings (SSSR count). The minimum atomic E-state index is -0.422. The number of benzene rings is 2. The maximum absolute atomic E-state index is 13.7. The van der Waals surface area contributed by atoms with Crippen molar-refractivity contribution in [2.45, 2.75) is 36.9 Å². The highest BCUT2D eigenvalue weighted by Gasteiger charge is 2.54. The van der Waals surface area contributed by atoms with Crippen LogP contribution in [0.15, 0.2) is 61.1 Å². The second-order valence-corrected chi connectivity index (χ2v) is 8.71. The number of H-pyrrole nitrogens is 1. The van der Waals surface area contributed by atoms with E-state index in [9.17, 15) is 9.18 Å². The van der Waals surface area contributed by atoms with Gasteiger partial charge in [0, 0.05) is 36.5 Å². The number of hydrogen-bond acceptors (Lipinski definition) is 4. The molecule has 6 nitrogen and oxygen atoms in total. The van der Waals surface area contributed by atoms with Gasteiger partial charge < -0.3 is 15.0 Å². The Bertz CT molecular complexity index is 1090. The maximum Gasteiger partial charge on any atom is 0.251 e. The van der Waals surface area contributed by atoms with E-state index < -0.39 is 5.82 Å². The molecular formula is C25H27FN4O2. The van der Waals surface area contributed by atoms with Crippen LogP contribution in [-0.4, -0.2) is 47.1 Å². The van der Waals surface area contributed by atoms with Crippen LogP contribution in [0, 0.1) is 5.82 Å².